The summed E-state index contributed by atoms with van der Waals surface area (Å²) in [5.41, 5.74) is 5.84. The van der Waals surface area contributed by atoms with Crippen LogP contribution in [0.3, 0.4) is 0 Å². The molecule has 0 saturated heterocycles. The molecule has 0 aliphatic heterocycles. The largest absolute Gasteiger partial charge is 0.370 e. The summed E-state index contributed by atoms with van der Waals surface area (Å²) in [4.78, 5) is 14.2. The van der Waals surface area contributed by atoms with Gasteiger partial charge in [-0.2, -0.15) is 0 Å². The second-order valence-corrected chi connectivity index (χ2v) is 3.48. The topological polar surface area (TPSA) is 94.1 Å². The van der Waals surface area contributed by atoms with E-state index in [9.17, 15) is 10.1 Å². The number of nitrogens with zero attached hydrogens (tertiary/aromatic N) is 2. The number of hydrogen-bond acceptors (Lipinski definition) is 5. The number of aryl methyl sites for hydroxylation is 1. The van der Waals surface area contributed by atoms with Crippen molar-refractivity contribution in [3.8, 4) is 0 Å². The summed E-state index contributed by atoms with van der Waals surface area (Å²) < 4.78 is 0. The van der Waals surface area contributed by atoms with Gasteiger partial charge in [-0.3, -0.25) is 10.1 Å². The van der Waals surface area contributed by atoms with E-state index >= 15 is 0 Å². The van der Waals surface area contributed by atoms with E-state index in [1.807, 2.05) is 0 Å². The highest BCUT2D eigenvalue weighted by molar-refractivity contribution is 5.44. The number of nitrogens with one attached hydrogen (secondary N) is 1. The molecule has 1 heterocycles. The van der Waals surface area contributed by atoms with Crippen LogP contribution in [0.5, 0.6) is 0 Å². The molecular weight excluding hydrogens is 208 g/mol. The smallest absolute Gasteiger partial charge is 0.290 e. The number of pyridine rings is 1. The monoisotopic (exact) mass is 224 g/mol. The number of nitro groups is 1. The van der Waals surface area contributed by atoms with E-state index in [2.05, 4.69) is 10.3 Å². The van der Waals surface area contributed by atoms with Crippen molar-refractivity contribution in [2.24, 2.45) is 5.73 Å². The number of rotatable bonds is 6. The first-order valence-corrected chi connectivity index (χ1v) is 5.21. The molecule has 0 amide bonds. The highest BCUT2D eigenvalue weighted by Gasteiger charge is 2.11. The van der Waals surface area contributed by atoms with E-state index in [4.69, 9.17) is 5.73 Å². The molecule has 1 rings (SSSR count). The van der Waals surface area contributed by atoms with Gasteiger partial charge in [0.25, 0.3) is 5.69 Å². The van der Waals surface area contributed by atoms with Crippen molar-refractivity contribution in [2.45, 2.75) is 19.8 Å². The van der Waals surface area contributed by atoms with Gasteiger partial charge < -0.3 is 11.1 Å². The Kier molecular flexibility index (Phi) is 4.65. The third kappa shape index (κ3) is 3.47. The Labute approximate surface area is 94.0 Å². The SMILES string of the molecule is Cc1nc(NCCCCN)ccc1[N+](=O)[O-]. The molecule has 6 heteroatoms. The fourth-order valence-corrected chi connectivity index (χ4v) is 1.33. The average Bonchev–Trinajstić information content (AvgIpc) is 2.24. The van der Waals surface area contributed by atoms with Crippen molar-refractivity contribution in [2.75, 3.05) is 18.4 Å². The van der Waals surface area contributed by atoms with Gasteiger partial charge in [-0.05, 0) is 32.4 Å². The first-order valence-electron chi connectivity index (χ1n) is 5.21. The van der Waals surface area contributed by atoms with Crippen molar-refractivity contribution in [1.82, 2.24) is 4.98 Å². The van der Waals surface area contributed by atoms with Gasteiger partial charge in [0.1, 0.15) is 11.5 Å². The molecule has 0 saturated carbocycles. The fraction of sp³-hybridized carbons (Fsp3) is 0.500. The Morgan fingerprint density at radius 2 is 2.25 bits per heavy atom. The highest BCUT2D eigenvalue weighted by Crippen LogP contribution is 2.17. The molecule has 0 aliphatic carbocycles. The summed E-state index contributed by atoms with van der Waals surface area (Å²) in [5.74, 6) is 0.667. The Hall–Kier alpha value is -1.69. The third-order valence-electron chi connectivity index (χ3n) is 2.19. The standard InChI is InChI=1S/C10H16N4O2/c1-8-9(14(15)16)4-5-10(13-8)12-7-3-2-6-11/h4-5H,2-3,6-7,11H2,1H3,(H,12,13). The molecule has 1 aromatic rings. The van der Waals surface area contributed by atoms with Crippen molar-refractivity contribution in [1.29, 1.82) is 0 Å². The lowest BCUT2D eigenvalue weighted by Gasteiger charge is -2.05. The van der Waals surface area contributed by atoms with E-state index in [-0.39, 0.29) is 5.69 Å². The van der Waals surface area contributed by atoms with Crippen LogP contribution in [0.15, 0.2) is 12.1 Å². The molecule has 0 aliphatic rings. The molecule has 3 N–H and O–H groups in total. The molecule has 1 aromatic heterocycles. The quantitative estimate of drug-likeness (QED) is 0.433. The van der Waals surface area contributed by atoms with Crippen LogP contribution >= 0.6 is 0 Å². The summed E-state index contributed by atoms with van der Waals surface area (Å²) in [5, 5.41) is 13.7. The lowest BCUT2D eigenvalue weighted by atomic mass is 10.3. The second kappa shape index (κ2) is 6.02. The van der Waals surface area contributed by atoms with Crippen LogP contribution in [0.4, 0.5) is 11.5 Å². The van der Waals surface area contributed by atoms with Gasteiger partial charge in [0.05, 0.1) is 4.92 Å². The third-order valence-corrected chi connectivity index (χ3v) is 2.19. The summed E-state index contributed by atoms with van der Waals surface area (Å²) in [6.07, 6.45) is 1.92. The predicted octanol–water partition coefficient (Wildman–Crippen LogP) is 1.45. The van der Waals surface area contributed by atoms with E-state index in [1.165, 1.54) is 6.07 Å². The molecule has 88 valence electrons. The molecule has 0 unspecified atom stereocenters. The molecule has 0 radical (unpaired) electrons. The normalized spacial score (nSPS) is 10.1. The van der Waals surface area contributed by atoms with Gasteiger partial charge in [-0.25, -0.2) is 4.98 Å². The minimum atomic E-state index is -0.430. The molecular formula is C10H16N4O2. The Morgan fingerprint density at radius 3 is 2.81 bits per heavy atom. The van der Waals surface area contributed by atoms with E-state index < -0.39 is 4.92 Å². The van der Waals surface area contributed by atoms with Crippen LogP contribution < -0.4 is 11.1 Å². The predicted molar refractivity (Wildman–Crippen MR) is 62.4 cm³/mol. The number of anilines is 1. The first kappa shape index (κ1) is 12.4. The van der Waals surface area contributed by atoms with Crippen molar-refractivity contribution < 1.29 is 4.92 Å². The summed E-state index contributed by atoms with van der Waals surface area (Å²) in [6, 6.07) is 3.08. The summed E-state index contributed by atoms with van der Waals surface area (Å²) in [7, 11) is 0. The minimum Gasteiger partial charge on any atom is -0.370 e. The Balaban J connectivity index is 2.56. The van der Waals surface area contributed by atoms with Crippen LogP contribution in [0, 0.1) is 17.0 Å². The number of unbranched alkanes of at least 4 members (excludes halogenated alkanes) is 1. The van der Waals surface area contributed by atoms with Gasteiger partial charge in [0, 0.05) is 12.6 Å². The van der Waals surface area contributed by atoms with Crippen molar-refractivity contribution >= 4 is 11.5 Å². The molecule has 6 nitrogen and oxygen atoms in total. The maximum Gasteiger partial charge on any atom is 0.290 e. The molecule has 0 aromatic carbocycles. The number of nitrogens with two attached hydrogens (primary N) is 1. The molecule has 0 bridgehead atoms. The maximum absolute atomic E-state index is 10.6. The van der Waals surface area contributed by atoms with E-state index in [0.717, 1.165) is 19.4 Å². The van der Waals surface area contributed by atoms with Crippen LogP contribution in [-0.2, 0) is 0 Å². The minimum absolute atomic E-state index is 0.0486. The summed E-state index contributed by atoms with van der Waals surface area (Å²) in [6.45, 7) is 3.08. The second-order valence-electron chi connectivity index (χ2n) is 3.48. The molecule has 0 spiro atoms. The van der Waals surface area contributed by atoms with Gasteiger partial charge in [0.2, 0.25) is 0 Å². The van der Waals surface area contributed by atoms with Gasteiger partial charge in [-0.15, -0.1) is 0 Å². The number of hydrogen-bond donors (Lipinski definition) is 2. The molecule has 0 atom stereocenters. The van der Waals surface area contributed by atoms with E-state index in [0.29, 0.717) is 18.1 Å². The zero-order chi connectivity index (χ0) is 12.0. The van der Waals surface area contributed by atoms with Gasteiger partial charge in [0.15, 0.2) is 0 Å². The lowest BCUT2D eigenvalue weighted by Crippen LogP contribution is -2.07. The Bertz CT molecular complexity index is 368. The van der Waals surface area contributed by atoms with Gasteiger partial charge >= 0.3 is 0 Å². The van der Waals surface area contributed by atoms with E-state index in [1.54, 1.807) is 13.0 Å². The van der Waals surface area contributed by atoms with Crippen LogP contribution in [0.2, 0.25) is 0 Å². The average molecular weight is 224 g/mol. The maximum atomic E-state index is 10.6. The first-order chi connectivity index (χ1) is 7.65. The zero-order valence-electron chi connectivity index (χ0n) is 9.27. The zero-order valence-corrected chi connectivity index (χ0v) is 9.27. The fourth-order valence-electron chi connectivity index (χ4n) is 1.33. The van der Waals surface area contributed by atoms with Crippen LogP contribution in [-0.4, -0.2) is 23.0 Å². The molecule has 0 fully saturated rings. The highest BCUT2D eigenvalue weighted by atomic mass is 16.6. The Morgan fingerprint density at radius 1 is 1.50 bits per heavy atom. The van der Waals surface area contributed by atoms with Gasteiger partial charge in [-0.1, -0.05) is 0 Å². The molecule has 16 heavy (non-hydrogen) atoms. The lowest BCUT2D eigenvalue weighted by molar-refractivity contribution is -0.385. The van der Waals surface area contributed by atoms with Crippen molar-refractivity contribution in [3.63, 3.8) is 0 Å². The number of aromatic nitrogens is 1. The van der Waals surface area contributed by atoms with Crippen LogP contribution in [0.25, 0.3) is 0 Å². The summed E-state index contributed by atoms with van der Waals surface area (Å²) >= 11 is 0. The van der Waals surface area contributed by atoms with Crippen molar-refractivity contribution in [3.05, 3.63) is 27.9 Å². The van der Waals surface area contributed by atoms with Crippen LogP contribution in [0.1, 0.15) is 18.5 Å².